The summed E-state index contributed by atoms with van der Waals surface area (Å²) < 4.78 is 10.8. The molecule has 1 aromatic rings. The van der Waals surface area contributed by atoms with Gasteiger partial charge in [0, 0.05) is 6.04 Å². The minimum atomic E-state index is -0.695. The van der Waals surface area contributed by atoms with Gasteiger partial charge < -0.3 is 9.47 Å². The minimum absolute atomic E-state index is 0.147. The molecule has 0 aromatic heterocycles. The average Bonchev–Trinajstić information content (AvgIpc) is 3.31. The lowest BCUT2D eigenvalue weighted by atomic mass is 9.76. The largest absolute Gasteiger partial charge is 0.497 e. The van der Waals surface area contributed by atoms with Crippen LogP contribution in [-0.4, -0.2) is 25.7 Å². The molecule has 1 fully saturated rings. The Morgan fingerprint density at radius 2 is 2.24 bits per heavy atom. The van der Waals surface area contributed by atoms with E-state index in [1.807, 2.05) is 19.1 Å². The third-order valence-corrected chi connectivity index (χ3v) is 4.43. The SMILES string of the molecule is CCOC(=O)C1(NC2CC2)CCCc2ccc(OC)cc21. The van der Waals surface area contributed by atoms with Crippen LogP contribution in [0.25, 0.3) is 0 Å². The number of esters is 1. The van der Waals surface area contributed by atoms with Crippen LogP contribution in [0.5, 0.6) is 5.75 Å². The molecule has 0 aliphatic heterocycles. The molecule has 1 unspecified atom stereocenters. The van der Waals surface area contributed by atoms with Crippen LogP contribution in [0.15, 0.2) is 18.2 Å². The molecule has 0 heterocycles. The predicted molar refractivity (Wildman–Crippen MR) is 80.4 cm³/mol. The van der Waals surface area contributed by atoms with Gasteiger partial charge in [-0.3, -0.25) is 5.32 Å². The number of nitrogens with one attached hydrogen (secondary N) is 1. The summed E-state index contributed by atoms with van der Waals surface area (Å²) in [6.45, 7) is 2.27. The van der Waals surface area contributed by atoms with E-state index in [0.29, 0.717) is 12.6 Å². The summed E-state index contributed by atoms with van der Waals surface area (Å²) in [5.74, 6) is 0.646. The fourth-order valence-corrected chi connectivity index (χ4v) is 3.23. The molecular formula is C17H23NO3. The maximum atomic E-state index is 12.7. The first-order valence-corrected chi connectivity index (χ1v) is 7.82. The molecular weight excluding hydrogens is 266 g/mol. The molecule has 114 valence electrons. The molecule has 2 aliphatic carbocycles. The van der Waals surface area contributed by atoms with Crippen LogP contribution >= 0.6 is 0 Å². The number of ether oxygens (including phenoxy) is 2. The normalized spacial score (nSPS) is 24.3. The molecule has 3 rings (SSSR count). The number of hydrogen-bond donors (Lipinski definition) is 1. The Labute approximate surface area is 125 Å². The van der Waals surface area contributed by atoms with Gasteiger partial charge in [0.05, 0.1) is 13.7 Å². The van der Waals surface area contributed by atoms with E-state index in [-0.39, 0.29) is 5.97 Å². The molecule has 0 amide bonds. The second kappa shape index (κ2) is 5.68. The maximum absolute atomic E-state index is 12.7. The van der Waals surface area contributed by atoms with Gasteiger partial charge in [0.25, 0.3) is 0 Å². The molecule has 1 aromatic carbocycles. The van der Waals surface area contributed by atoms with Gasteiger partial charge in [0.15, 0.2) is 0 Å². The zero-order chi connectivity index (χ0) is 14.9. The standard InChI is InChI=1S/C17H23NO3/c1-3-21-16(19)17(18-13-7-8-13)10-4-5-12-6-9-14(20-2)11-15(12)17/h6,9,11,13,18H,3-5,7-8,10H2,1-2H3. The Morgan fingerprint density at radius 1 is 1.43 bits per heavy atom. The van der Waals surface area contributed by atoms with Gasteiger partial charge in [0.1, 0.15) is 11.3 Å². The van der Waals surface area contributed by atoms with Crippen LogP contribution in [0.4, 0.5) is 0 Å². The molecule has 0 saturated heterocycles. The van der Waals surface area contributed by atoms with Gasteiger partial charge in [-0.15, -0.1) is 0 Å². The van der Waals surface area contributed by atoms with Crippen molar-refractivity contribution in [3.05, 3.63) is 29.3 Å². The van der Waals surface area contributed by atoms with Crippen LogP contribution < -0.4 is 10.1 Å². The smallest absolute Gasteiger partial charge is 0.331 e. The van der Waals surface area contributed by atoms with Gasteiger partial charge in [-0.2, -0.15) is 0 Å². The monoisotopic (exact) mass is 289 g/mol. The van der Waals surface area contributed by atoms with E-state index >= 15 is 0 Å². The lowest BCUT2D eigenvalue weighted by Gasteiger charge is -2.38. The summed E-state index contributed by atoms with van der Waals surface area (Å²) in [4.78, 5) is 12.7. The second-order valence-corrected chi connectivity index (χ2v) is 5.92. The predicted octanol–water partition coefficient (Wildman–Crippen LogP) is 2.54. The van der Waals surface area contributed by atoms with E-state index < -0.39 is 5.54 Å². The number of benzene rings is 1. The van der Waals surface area contributed by atoms with E-state index in [1.54, 1.807) is 7.11 Å². The van der Waals surface area contributed by atoms with Gasteiger partial charge in [0.2, 0.25) is 0 Å². The van der Waals surface area contributed by atoms with E-state index in [0.717, 1.165) is 43.4 Å². The lowest BCUT2D eigenvalue weighted by molar-refractivity contribution is -0.152. The first-order chi connectivity index (χ1) is 10.2. The molecule has 0 bridgehead atoms. The number of methoxy groups -OCH3 is 1. The summed E-state index contributed by atoms with van der Waals surface area (Å²) in [6.07, 6.45) is 5.08. The summed E-state index contributed by atoms with van der Waals surface area (Å²) in [6, 6.07) is 6.49. The molecule has 4 heteroatoms. The van der Waals surface area contributed by atoms with E-state index in [1.165, 1.54) is 5.56 Å². The van der Waals surface area contributed by atoms with Gasteiger partial charge in [-0.1, -0.05) is 6.07 Å². The van der Waals surface area contributed by atoms with Crippen molar-refractivity contribution in [2.24, 2.45) is 0 Å². The third-order valence-electron chi connectivity index (χ3n) is 4.43. The van der Waals surface area contributed by atoms with Crippen LogP contribution in [0.2, 0.25) is 0 Å². The van der Waals surface area contributed by atoms with Crippen molar-refractivity contribution in [3.63, 3.8) is 0 Å². The van der Waals surface area contributed by atoms with Crippen molar-refractivity contribution in [1.82, 2.24) is 5.32 Å². The Morgan fingerprint density at radius 3 is 2.90 bits per heavy atom. The topological polar surface area (TPSA) is 47.6 Å². The van der Waals surface area contributed by atoms with Crippen LogP contribution in [-0.2, 0) is 21.5 Å². The second-order valence-electron chi connectivity index (χ2n) is 5.92. The summed E-state index contributed by atoms with van der Waals surface area (Å²) >= 11 is 0. The Kier molecular flexibility index (Phi) is 3.89. The highest BCUT2D eigenvalue weighted by Crippen LogP contribution is 2.40. The van der Waals surface area contributed by atoms with Crippen molar-refractivity contribution in [1.29, 1.82) is 0 Å². The Bertz CT molecular complexity index is 539. The highest BCUT2D eigenvalue weighted by molar-refractivity contribution is 5.84. The number of aryl methyl sites for hydroxylation is 1. The third kappa shape index (κ3) is 2.64. The first-order valence-electron chi connectivity index (χ1n) is 7.82. The zero-order valence-electron chi connectivity index (χ0n) is 12.8. The number of hydrogen-bond acceptors (Lipinski definition) is 4. The maximum Gasteiger partial charge on any atom is 0.331 e. The number of carbonyl (C=O) groups excluding carboxylic acids is 1. The molecule has 0 radical (unpaired) electrons. The lowest BCUT2D eigenvalue weighted by Crippen LogP contribution is -2.53. The molecule has 1 atom stereocenters. The molecule has 0 spiro atoms. The summed E-state index contributed by atoms with van der Waals surface area (Å²) in [5, 5.41) is 3.57. The summed E-state index contributed by atoms with van der Waals surface area (Å²) in [5.41, 5.74) is 1.57. The quantitative estimate of drug-likeness (QED) is 0.846. The van der Waals surface area contributed by atoms with Crippen LogP contribution in [0, 0.1) is 0 Å². The number of rotatable bonds is 5. The number of carbonyl (C=O) groups is 1. The van der Waals surface area contributed by atoms with E-state index in [9.17, 15) is 4.79 Å². The van der Waals surface area contributed by atoms with E-state index in [4.69, 9.17) is 9.47 Å². The van der Waals surface area contributed by atoms with Crippen LogP contribution in [0.1, 0.15) is 43.7 Å². The average molecular weight is 289 g/mol. The molecule has 1 saturated carbocycles. The van der Waals surface area contributed by atoms with Crippen molar-refractivity contribution in [2.45, 2.75) is 50.6 Å². The van der Waals surface area contributed by atoms with Gasteiger partial charge >= 0.3 is 5.97 Å². The fourth-order valence-electron chi connectivity index (χ4n) is 3.23. The van der Waals surface area contributed by atoms with Crippen molar-refractivity contribution < 1.29 is 14.3 Å². The summed E-state index contributed by atoms with van der Waals surface area (Å²) in [7, 11) is 1.66. The van der Waals surface area contributed by atoms with Crippen LogP contribution in [0.3, 0.4) is 0 Å². The Balaban J connectivity index is 2.05. The van der Waals surface area contributed by atoms with Crippen molar-refractivity contribution in [2.75, 3.05) is 13.7 Å². The Hall–Kier alpha value is -1.55. The number of fused-ring (bicyclic) bond motifs is 1. The van der Waals surface area contributed by atoms with Gasteiger partial charge in [-0.05, 0) is 62.3 Å². The van der Waals surface area contributed by atoms with Crippen molar-refractivity contribution in [3.8, 4) is 5.75 Å². The fraction of sp³-hybridized carbons (Fsp3) is 0.588. The zero-order valence-corrected chi connectivity index (χ0v) is 12.8. The highest BCUT2D eigenvalue weighted by Gasteiger charge is 2.47. The van der Waals surface area contributed by atoms with Gasteiger partial charge in [-0.25, -0.2) is 4.79 Å². The van der Waals surface area contributed by atoms with E-state index in [2.05, 4.69) is 11.4 Å². The molecule has 1 N–H and O–H groups in total. The first kappa shape index (κ1) is 14.4. The minimum Gasteiger partial charge on any atom is -0.497 e. The molecule has 21 heavy (non-hydrogen) atoms. The molecule has 2 aliphatic rings. The molecule has 4 nitrogen and oxygen atoms in total. The highest BCUT2D eigenvalue weighted by atomic mass is 16.5. The van der Waals surface area contributed by atoms with Crippen molar-refractivity contribution >= 4 is 5.97 Å².